The molecule has 7 heteroatoms. The fraction of sp³-hybridized carbons (Fsp3) is 0. The van der Waals surface area contributed by atoms with Gasteiger partial charge in [0.15, 0.2) is 0 Å². The molecule has 0 saturated carbocycles. The second-order valence-electron chi connectivity index (χ2n) is 3.92. The zero-order valence-electron chi connectivity index (χ0n) is 9.31. The highest BCUT2D eigenvalue weighted by Crippen LogP contribution is 2.48. The number of hydrogen-bond donors (Lipinski definition) is 1. The number of rotatable bonds is 1. The lowest BCUT2D eigenvalue weighted by Crippen LogP contribution is -2.04. The van der Waals surface area contributed by atoms with E-state index in [9.17, 15) is 14.5 Å². The summed E-state index contributed by atoms with van der Waals surface area (Å²) >= 11 is 7.19. The smallest absolute Gasteiger partial charge is 0.295 e. The first-order valence-corrected chi connectivity index (χ1v) is 6.46. The van der Waals surface area contributed by atoms with Crippen LogP contribution in [-0.4, -0.2) is 4.92 Å². The van der Waals surface area contributed by atoms with Gasteiger partial charge < -0.3 is 5.32 Å². The highest BCUT2D eigenvalue weighted by molar-refractivity contribution is 7.99. The molecule has 0 fully saturated rings. The number of nitrogens with zero attached hydrogens (tertiary/aromatic N) is 1. The van der Waals surface area contributed by atoms with Crippen LogP contribution < -0.4 is 5.32 Å². The van der Waals surface area contributed by atoms with Crippen molar-refractivity contribution in [3.05, 3.63) is 51.3 Å². The molecule has 3 rings (SSSR count). The summed E-state index contributed by atoms with van der Waals surface area (Å²) in [6.07, 6.45) is 0. The molecule has 2 aromatic rings. The molecule has 4 nitrogen and oxygen atoms in total. The SMILES string of the molecule is O=[N+]([O-])c1cc(Cl)cc2c1Nc1cc(F)ccc1S2. The molecule has 2 aromatic carbocycles. The van der Waals surface area contributed by atoms with E-state index in [1.165, 1.54) is 30.0 Å². The van der Waals surface area contributed by atoms with E-state index in [2.05, 4.69) is 5.32 Å². The van der Waals surface area contributed by atoms with Crippen LogP contribution in [-0.2, 0) is 0 Å². The monoisotopic (exact) mass is 296 g/mol. The summed E-state index contributed by atoms with van der Waals surface area (Å²) < 4.78 is 13.2. The van der Waals surface area contributed by atoms with Crippen molar-refractivity contribution in [2.24, 2.45) is 0 Å². The van der Waals surface area contributed by atoms with E-state index in [-0.39, 0.29) is 5.69 Å². The molecule has 0 atom stereocenters. The van der Waals surface area contributed by atoms with Crippen molar-refractivity contribution in [1.29, 1.82) is 0 Å². The van der Waals surface area contributed by atoms with Gasteiger partial charge >= 0.3 is 0 Å². The third kappa shape index (κ3) is 2.13. The number of nitro benzene ring substituents is 1. The summed E-state index contributed by atoms with van der Waals surface area (Å²) in [5.74, 6) is -0.396. The lowest BCUT2D eigenvalue weighted by Gasteiger charge is -2.20. The molecule has 0 amide bonds. The Balaban J connectivity index is 2.17. The summed E-state index contributed by atoms with van der Waals surface area (Å²) in [6, 6.07) is 7.20. The molecular weight excluding hydrogens is 291 g/mol. The van der Waals surface area contributed by atoms with Crippen molar-refractivity contribution in [3.8, 4) is 0 Å². The van der Waals surface area contributed by atoms with Crippen LogP contribution in [0, 0.1) is 15.9 Å². The van der Waals surface area contributed by atoms with Gasteiger partial charge in [0, 0.05) is 20.9 Å². The third-order valence-electron chi connectivity index (χ3n) is 2.66. The molecule has 1 aliphatic heterocycles. The van der Waals surface area contributed by atoms with Gasteiger partial charge in [-0.25, -0.2) is 4.39 Å². The van der Waals surface area contributed by atoms with E-state index in [1.807, 2.05) is 0 Å². The van der Waals surface area contributed by atoms with E-state index in [4.69, 9.17) is 11.6 Å². The lowest BCUT2D eigenvalue weighted by molar-refractivity contribution is -0.384. The Hall–Kier alpha value is -1.79. The number of nitro groups is 1. The lowest BCUT2D eigenvalue weighted by atomic mass is 10.2. The van der Waals surface area contributed by atoms with E-state index in [1.54, 1.807) is 12.1 Å². The van der Waals surface area contributed by atoms with Gasteiger partial charge in [0.25, 0.3) is 5.69 Å². The standard InChI is InChI=1S/C12H6ClFN2O2S/c13-6-3-9(16(17)18)12-11(4-6)19-10-2-1-7(14)5-8(10)15-12/h1-5,15H. The molecule has 0 aromatic heterocycles. The fourth-order valence-corrected chi connectivity index (χ4v) is 3.17. The van der Waals surface area contributed by atoms with Gasteiger partial charge in [-0.15, -0.1) is 0 Å². The van der Waals surface area contributed by atoms with Gasteiger partial charge in [-0.2, -0.15) is 0 Å². The minimum Gasteiger partial charge on any atom is -0.348 e. The molecule has 0 saturated heterocycles. The molecular formula is C12H6ClFN2O2S. The maximum absolute atomic E-state index is 13.2. The average molecular weight is 297 g/mol. The topological polar surface area (TPSA) is 55.2 Å². The number of hydrogen-bond acceptors (Lipinski definition) is 4. The Kier molecular flexibility index (Phi) is 2.83. The third-order valence-corrected chi connectivity index (χ3v) is 4.00. The van der Waals surface area contributed by atoms with Gasteiger partial charge in [-0.05, 0) is 24.3 Å². The summed E-state index contributed by atoms with van der Waals surface area (Å²) in [6.45, 7) is 0. The van der Waals surface area contributed by atoms with Crippen LogP contribution in [0.5, 0.6) is 0 Å². The summed E-state index contributed by atoms with van der Waals surface area (Å²) in [5.41, 5.74) is 0.741. The Morgan fingerprint density at radius 2 is 2.05 bits per heavy atom. The minimum atomic E-state index is -0.511. The highest BCUT2D eigenvalue weighted by atomic mass is 35.5. The normalized spacial score (nSPS) is 12.3. The molecule has 1 N–H and O–H groups in total. The second-order valence-corrected chi connectivity index (χ2v) is 5.44. The Morgan fingerprint density at radius 1 is 1.26 bits per heavy atom. The summed E-state index contributed by atoms with van der Waals surface area (Å²) in [4.78, 5) is 12.0. The van der Waals surface area contributed by atoms with Crippen LogP contribution >= 0.6 is 23.4 Å². The number of benzene rings is 2. The van der Waals surface area contributed by atoms with Crippen molar-refractivity contribution >= 4 is 40.4 Å². The minimum absolute atomic E-state index is 0.120. The molecule has 96 valence electrons. The summed E-state index contributed by atoms with van der Waals surface area (Å²) in [5, 5.41) is 14.2. The van der Waals surface area contributed by atoms with Crippen LogP contribution in [0.4, 0.5) is 21.5 Å². The van der Waals surface area contributed by atoms with E-state index in [0.717, 1.165) is 4.90 Å². The average Bonchev–Trinajstić information content (AvgIpc) is 2.35. The van der Waals surface area contributed by atoms with E-state index >= 15 is 0 Å². The molecule has 1 heterocycles. The van der Waals surface area contributed by atoms with Crippen molar-refractivity contribution in [1.82, 2.24) is 0 Å². The number of halogens is 2. The maximum atomic E-state index is 13.2. The first kappa shape index (κ1) is 12.3. The molecule has 0 aliphatic carbocycles. The Labute approximate surface area is 116 Å². The van der Waals surface area contributed by atoms with Crippen LogP contribution in [0.2, 0.25) is 5.02 Å². The van der Waals surface area contributed by atoms with Crippen LogP contribution in [0.25, 0.3) is 0 Å². The highest BCUT2D eigenvalue weighted by Gasteiger charge is 2.25. The van der Waals surface area contributed by atoms with Crippen LogP contribution in [0.3, 0.4) is 0 Å². The molecule has 19 heavy (non-hydrogen) atoms. The predicted octanol–water partition coefficient (Wildman–Crippen LogP) is 4.60. The van der Waals surface area contributed by atoms with Crippen LogP contribution in [0.15, 0.2) is 40.1 Å². The van der Waals surface area contributed by atoms with E-state index in [0.29, 0.717) is 21.3 Å². The molecule has 0 bridgehead atoms. The van der Waals surface area contributed by atoms with Gasteiger partial charge in [0.05, 0.1) is 10.6 Å². The van der Waals surface area contributed by atoms with Crippen molar-refractivity contribution in [3.63, 3.8) is 0 Å². The van der Waals surface area contributed by atoms with Crippen molar-refractivity contribution in [2.45, 2.75) is 9.79 Å². The van der Waals surface area contributed by atoms with Gasteiger partial charge in [0.1, 0.15) is 11.5 Å². The number of nitrogens with one attached hydrogen (secondary N) is 1. The van der Waals surface area contributed by atoms with Crippen molar-refractivity contribution in [2.75, 3.05) is 5.32 Å². The predicted molar refractivity (Wildman–Crippen MR) is 71.9 cm³/mol. The molecule has 0 unspecified atom stereocenters. The molecule has 0 spiro atoms. The van der Waals surface area contributed by atoms with Crippen molar-refractivity contribution < 1.29 is 9.31 Å². The van der Waals surface area contributed by atoms with Gasteiger partial charge in [0.2, 0.25) is 0 Å². The zero-order valence-corrected chi connectivity index (χ0v) is 10.9. The maximum Gasteiger partial charge on any atom is 0.295 e. The fourth-order valence-electron chi connectivity index (χ4n) is 1.86. The van der Waals surface area contributed by atoms with Crippen LogP contribution in [0.1, 0.15) is 0 Å². The first-order valence-electron chi connectivity index (χ1n) is 5.27. The largest absolute Gasteiger partial charge is 0.348 e. The summed E-state index contributed by atoms with van der Waals surface area (Å²) in [7, 11) is 0. The molecule has 0 radical (unpaired) electrons. The van der Waals surface area contributed by atoms with E-state index < -0.39 is 10.7 Å². The Morgan fingerprint density at radius 3 is 2.79 bits per heavy atom. The quantitative estimate of drug-likeness (QED) is 0.527. The van der Waals surface area contributed by atoms with Gasteiger partial charge in [-0.3, -0.25) is 10.1 Å². The zero-order chi connectivity index (χ0) is 13.6. The molecule has 1 aliphatic rings. The second kappa shape index (κ2) is 4.40. The first-order chi connectivity index (χ1) is 9.04. The number of fused-ring (bicyclic) bond motifs is 2. The van der Waals surface area contributed by atoms with Gasteiger partial charge in [-0.1, -0.05) is 23.4 Å². The Bertz CT molecular complexity index is 708. The number of anilines is 2.